The van der Waals surface area contributed by atoms with E-state index in [0.717, 1.165) is 65.4 Å². The Hall–Kier alpha value is -3.93. The Balaban J connectivity index is 1.37. The van der Waals surface area contributed by atoms with Crippen molar-refractivity contribution in [2.45, 2.75) is 26.7 Å². The molecule has 0 N–H and O–H groups in total. The average Bonchev–Trinajstić information content (AvgIpc) is 2.93. The number of hydrogen-bond acceptors (Lipinski definition) is 5. The van der Waals surface area contributed by atoms with Crippen molar-refractivity contribution in [1.29, 1.82) is 0 Å². The SMILES string of the molecule is CCc1nc(C)nc(N2CCN(C(=O)c3cccc4ccccc34)CC2)c1Cc1ccc(OC)cc1. The van der Waals surface area contributed by atoms with E-state index >= 15 is 0 Å². The van der Waals surface area contributed by atoms with E-state index in [0.29, 0.717) is 13.1 Å². The van der Waals surface area contributed by atoms with Gasteiger partial charge in [-0.05, 0) is 47.9 Å². The molecule has 0 spiro atoms. The van der Waals surface area contributed by atoms with Crippen LogP contribution in [0, 0.1) is 6.92 Å². The predicted molar refractivity (Wildman–Crippen MR) is 144 cm³/mol. The number of methoxy groups -OCH3 is 1. The van der Waals surface area contributed by atoms with Crippen molar-refractivity contribution in [1.82, 2.24) is 14.9 Å². The fraction of sp³-hybridized carbons (Fsp3) is 0.300. The van der Waals surface area contributed by atoms with Gasteiger partial charge in [0.1, 0.15) is 17.4 Å². The number of aromatic nitrogens is 2. The van der Waals surface area contributed by atoms with Crippen molar-refractivity contribution >= 4 is 22.5 Å². The second-order valence-corrected chi connectivity index (χ2v) is 9.20. The first-order valence-corrected chi connectivity index (χ1v) is 12.6. The molecule has 1 fully saturated rings. The number of carbonyl (C=O) groups is 1. The third kappa shape index (κ3) is 4.76. The van der Waals surface area contributed by atoms with E-state index in [1.807, 2.05) is 54.3 Å². The standard InChI is InChI=1S/C30H32N4O2/c1-4-28-27(20-22-12-14-24(36-3)15-13-22)29(32-21(2)31-28)33-16-18-34(19-17-33)30(35)26-11-7-9-23-8-5-6-10-25(23)26/h5-15H,4,16-20H2,1-3H3. The van der Waals surface area contributed by atoms with Gasteiger partial charge in [-0.2, -0.15) is 0 Å². The fourth-order valence-corrected chi connectivity index (χ4v) is 5.02. The van der Waals surface area contributed by atoms with Gasteiger partial charge in [-0.3, -0.25) is 4.79 Å². The lowest BCUT2D eigenvalue weighted by atomic mass is 10.0. The topological polar surface area (TPSA) is 58.6 Å². The van der Waals surface area contributed by atoms with Gasteiger partial charge >= 0.3 is 0 Å². The summed E-state index contributed by atoms with van der Waals surface area (Å²) in [5.41, 5.74) is 4.22. The van der Waals surface area contributed by atoms with Gasteiger partial charge in [0.25, 0.3) is 5.91 Å². The van der Waals surface area contributed by atoms with Crippen LogP contribution in [0.5, 0.6) is 5.75 Å². The molecule has 0 radical (unpaired) electrons. The minimum atomic E-state index is 0.0954. The normalized spacial score (nSPS) is 13.8. The molecule has 1 aliphatic rings. The lowest BCUT2D eigenvalue weighted by Crippen LogP contribution is -2.49. The molecule has 6 heteroatoms. The summed E-state index contributed by atoms with van der Waals surface area (Å²) in [7, 11) is 1.68. The zero-order valence-corrected chi connectivity index (χ0v) is 21.2. The third-order valence-corrected chi connectivity index (χ3v) is 6.94. The molecular formula is C30H32N4O2. The second-order valence-electron chi connectivity index (χ2n) is 9.20. The number of aryl methyl sites for hydroxylation is 2. The highest BCUT2D eigenvalue weighted by molar-refractivity contribution is 6.07. The highest BCUT2D eigenvalue weighted by Gasteiger charge is 2.26. The summed E-state index contributed by atoms with van der Waals surface area (Å²) in [6, 6.07) is 22.2. The Labute approximate surface area is 212 Å². The number of benzene rings is 3. The molecule has 184 valence electrons. The first kappa shape index (κ1) is 23.8. The molecule has 0 atom stereocenters. The van der Waals surface area contributed by atoms with Gasteiger partial charge in [0.2, 0.25) is 0 Å². The quantitative estimate of drug-likeness (QED) is 0.386. The number of rotatable bonds is 6. The maximum absolute atomic E-state index is 13.4. The number of anilines is 1. The average molecular weight is 481 g/mol. The molecule has 36 heavy (non-hydrogen) atoms. The Kier molecular flexibility index (Phi) is 6.85. The Bertz CT molecular complexity index is 1370. The zero-order chi connectivity index (χ0) is 25.1. The summed E-state index contributed by atoms with van der Waals surface area (Å²) in [6.45, 7) is 6.91. The lowest BCUT2D eigenvalue weighted by molar-refractivity contribution is 0.0748. The summed E-state index contributed by atoms with van der Waals surface area (Å²) in [5, 5.41) is 2.10. The van der Waals surface area contributed by atoms with Crippen LogP contribution in [0.1, 0.15) is 39.9 Å². The van der Waals surface area contributed by atoms with Crippen LogP contribution in [-0.4, -0.2) is 54.1 Å². The third-order valence-electron chi connectivity index (χ3n) is 6.94. The minimum Gasteiger partial charge on any atom is -0.497 e. The van der Waals surface area contributed by atoms with Crippen LogP contribution in [0.2, 0.25) is 0 Å². The number of hydrogen-bond donors (Lipinski definition) is 0. The van der Waals surface area contributed by atoms with E-state index < -0.39 is 0 Å². The number of carbonyl (C=O) groups excluding carboxylic acids is 1. The molecule has 1 aliphatic heterocycles. The zero-order valence-electron chi connectivity index (χ0n) is 21.2. The van der Waals surface area contributed by atoms with Crippen molar-refractivity contribution < 1.29 is 9.53 Å². The molecule has 3 aromatic carbocycles. The highest BCUT2D eigenvalue weighted by Crippen LogP contribution is 2.27. The number of piperazine rings is 1. The van der Waals surface area contributed by atoms with E-state index in [2.05, 4.69) is 36.1 Å². The molecule has 1 saturated heterocycles. The van der Waals surface area contributed by atoms with Crippen molar-refractivity contribution in [2.24, 2.45) is 0 Å². The van der Waals surface area contributed by atoms with Gasteiger partial charge in [0.15, 0.2) is 0 Å². The van der Waals surface area contributed by atoms with Crippen LogP contribution < -0.4 is 9.64 Å². The van der Waals surface area contributed by atoms with E-state index in [-0.39, 0.29) is 5.91 Å². The summed E-state index contributed by atoms with van der Waals surface area (Å²) in [5.74, 6) is 2.72. The van der Waals surface area contributed by atoms with Crippen LogP contribution in [0.4, 0.5) is 5.82 Å². The summed E-state index contributed by atoms with van der Waals surface area (Å²) in [4.78, 5) is 27.4. The first-order chi connectivity index (χ1) is 17.6. The number of nitrogens with zero attached hydrogens (tertiary/aromatic N) is 4. The van der Waals surface area contributed by atoms with Gasteiger partial charge < -0.3 is 14.5 Å². The van der Waals surface area contributed by atoms with E-state index in [9.17, 15) is 4.79 Å². The summed E-state index contributed by atoms with van der Waals surface area (Å²) >= 11 is 0. The maximum atomic E-state index is 13.4. The molecule has 1 aromatic heterocycles. The Morgan fingerprint density at radius 2 is 1.64 bits per heavy atom. The smallest absolute Gasteiger partial charge is 0.254 e. The molecule has 1 amide bonds. The molecule has 0 saturated carbocycles. The molecule has 2 heterocycles. The van der Waals surface area contributed by atoms with Crippen LogP contribution in [0.15, 0.2) is 66.7 Å². The lowest BCUT2D eigenvalue weighted by Gasteiger charge is -2.36. The van der Waals surface area contributed by atoms with Gasteiger partial charge in [-0.1, -0.05) is 55.5 Å². The molecule has 5 rings (SSSR count). The van der Waals surface area contributed by atoms with Crippen LogP contribution in [0.25, 0.3) is 10.8 Å². The second kappa shape index (κ2) is 10.4. The van der Waals surface area contributed by atoms with Gasteiger partial charge in [0, 0.05) is 49.4 Å². The van der Waals surface area contributed by atoms with E-state index in [4.69, 9.17) is 14.7 Å². The van der Waals surface area contributed by atoms with Crippen LogP contribution in [-0.2, 0) is 12.8 Å². The molecular weight excluding hydrogens is 448 g/mol. The number of ether oxygens (including phenoxy) is 1. The molecule has 0 bridgehead atoms. The first-order valence-electron chi connectivity index (χ1n) is 12.6. The number of amides is 1. The molecule has 0 unspecified atom stereocenters. The fourth-order valence-electron chi connectivity index (χ4n) is 5.02. The maximum Gasteiger partial charge on any atom is 0.254 e. The van der Waals surface area contributed by atoms with Gasteiger partial charge in [-0.15, -0.1) is 0 Å². The minimum absolute atomic E-state index is 0.0954. The largest absolute Gasteiger partial charge is 0.497 e. The van der Waals surface area contributed by atoms with Crippen molar-refractivity contribution in [3.63, 3.8) is 0 Å². The monoisotopic (exact) mass is 480 g/mol. The molecule has 0 aliphatic carbocycles. The van der Waals surface area contributed by atoms with E-state index in [1.54, 1.807) is 7.11 Å². The Morgan fingerprint density at radius 1 is 0.917 bits per heavy atom. The predicted octanol–water partition coefficient (Wildman–Crippen LogP) is 5.06. The molecule has 4 aromatic rings. The van der Waals surface area contributed by atoms with Gasteiger partial charge in [0.05, 0.1) is 7.11 Å². The van der Waals surface area contributed by atoms with Crippen molar-refractivity contribution in [3.05, 3.63) is 94.9 Å². The Morgan fingerprint density at radius 3 is 2.36 bits per heavy atom. The summed E-state index contributed by atoms with van der Waals surface area (Å²) in [6.07, 6.45) is 1.61. The highest BCUT2D eigenvalue weighted by atomic mass is 16.5. The van der Waals surface area contributed by atoms with Crippen molar-refractivity contribution in [3.8, 4) is 5.75 Å². The van der Waals surface area contributed by atoms with Crippen LogP contribution in [0.3, 0.4) is 0 Å². The number of fused-ring (bicyclic) bond motifs is 1. The summed E-state index contributed by atoms with van der Waals surface area (Å²) < 4.78 is 5.32. The van der Waals surface area contributed by atoms with Gasteiger partial charge in [-0.25, -0.2) is 9.97 Å². The van der Waals surface area contributed by atoms with Crippen molar-refractivity contribution in [2.75, 3.05) is 38.2 Å². The molecule has 6 nitrogen and oxygen atoms in total. The van der Waals surface area contributed by atoms with Crippen LogP contribution >= 0.6 is 0 Å². The van der Waals surface area contributed by atoms with E-state index in [1.165, 1.54) is 11.1 Å².